The molecule has 232 valence electrons. The Bertz CT molecular complexity index is 1460. The van der Waals surface area contributed by atoms with Gasteiger partial charge in [0, 0.05) is 35.9 Å². The summed E-state index contributed by atoms with van der Waals surface area (Å²) in [5, 5.41) is 3.06. The summed E-state index contributed by atoms with van der Waals surface area (Å²) in [7, 11) is -3.66. The van der Waals surface area contributed by atoms with Crippen molar-refractivity contribution in [1.29, 1.82) is 0 Å². The van der Waals surface area contributed by atoms with E-state index in [2.05, 4.69) is 21.2 Å². The molecule has 0 radical (unpaired) electrons. The number of benzene rings is 3. The second-order valence-corrected chi connectivity index (χ2v) is 14.3. The molecule has 0 saturated heterocycles. The van der Waals surface area contributed by atoms with Crippen LogP contribution in [-0.4, -0.2) is 56.1 Å². The zero-order chi connectivity index (χ0) is 31.6. The van der Waals surface area contributed by atoms with Gasteiger partial charge in [-0.15, -0.1) is 0 Å². The number of ether oxygens (including phenoxy) is 1. The number of anilines is 1. The molecule has 0 aliphatic carbocycles. The van der Waals surface area contributed by atoms with Crippen LogP contribution < -0.4 is 14.4 Å². The maximum atomic E-state index is 14.0. The molecule has 43 heavy (non-hydrogen) atoms. The molecule has 3 aromatic carbocycles. The van der Waals surface area contributed by atoms with Crippen molar-refractivity contribution in [2.75, 3.05) is 23.7 Å². The summed E-state index contributed by atoms with van der Waals surface area (Å²) in [4.78, 5) is 29.4. The van der Waals surface area contributed by atoms with Gasteiger partial charge in [-0.05, 0) is 69.5 Å². The van der Waals surface area contributed by atoms with E-state index >= 15 is 0 Å². The van der Waals surface area contributed by atoms with Gasteiger partial charge in [-0.2, -0.15) is 0 Å². The van der Waals surface area contributed by atoms with Gasteiger partial charge in [-0.25, -0.2) is 8.42 Å². The lowest BCUT2D eigenvalue weighted by molar-refractivity contribution is -0.142. The summed E-state index contributed by atoms with van der Waals surface area (Å²) in [5.41, 5.74) is 1.74. The predicted octanol–water partition coefficient (Wildman–Crippen LogP) is 5.95. The van der Waals surface area contributed by atoms with Crippen molar-refractivity contribution in [2.24, 2.45) is 0 Å². The molecule has 0 saturated carbocycles. The Hall–Kier alpha value is -3.37. The molecule has 1 atom stereocenters. The van der Waals surface area contributed by atoms with Crippen molar-refractivity contribution in [3.05, 3.63) is 94.5 Å². The Morgan fingerprint density at radius 2 is 1.56 bits per heavy atom. The van der Waals surface area contributed by atoms with E-state index in [1.807, 2.05) is 82.3 Å². The maximum Gasteiger partial charge on any atom is 0.243 e. The summed E-state index contributed by atoms with van der Waals surface area (Å²) < 4.78 is 33.5. The number of hydrogen-bond donors (Lipinski definition) is 1. The zero-order valence-corrected chi connectivity index (χ0v) is 27.9. The number of nitrogens with one attached hydrogen (secondary N) is 1. The fraction of sp³-hybridized carbons (Fsp3) is 0.394. The van der Waals surface area contributed by atoms with E-state index in [9.17, 15) is 18.0 Å². The molecule has 10 heteroatoms. The van der Waals surface area contributed by atoms with Gasteiger partial charge < -0.3 is 15.0 Å². The number of carbonyl (C=O) groups is 2. The average Bonchev–Trinajstić information content (AvgIpc) is 2.93. The Balaban J connectivity index is 1.91. The van der Waals surface area contributed by atoms with Crippen LogP contribution in [0.3, 0.4) is 0 Å². The predicted molar refractivity (Wildman–Crippen MR) is 176 cm³/mol. The largest absolute Gasteiger partial charge is 0.492 e. The van der Waals surface area contributed by atoms with Crippen LogP contribution in [0.2, 0.25) is 0 Å². The lowest BCUT2D eigenvalue weighted by Gasteiger charge is -2.34. The van der Waals surface area contributed by atoms with E-state index in [1.165, 1.54) is 4.31 Å². The number of rotatable bonds is 14. The highest BCUT2D eigenvalue weighted by Crippen LogP contribution is 2.30. The van der Waals surface area contributed by atoms with E-state index in [0.29, 0.717) is 24.5 Å². The number of halogens is 1. The summed E-state index contributed by atoms with van der Waals surface area (Å²) in [6.07, 6.45) is 1.78. The summed E-state index contributed by atoms with van der Waals surface area (Å²) in [6.45, 7) is 8.25. The first kappa shape index (κ1) is 34.1. The van der Waals surface area contributed by atoms with Crippen LogP contribution in [0.5, 0.6) is 5.75 Å². The van der Waals surface area contributed by atoms with Crippen molar-refractivity contribution < 1.29 is 22.7 Å². The van der Waals surface area contributed by atoms with E-state index in [0.717, 1.165) is 21.9 Å². The van der Waals surface area contributed by atoms with Gasteiger partial charge in [-0.1, -0.05) is 70.5 Å². The standard InChI is InChI=1S/C33H42BrN3O5S/c1-6-42-30-16-11-10-15-28(30)37(43(5,40)41)22-12-17-31(38)36(24-26-18-20-27(34)21-19-26)29(32(39)35-33(2,3)4)23-25-13-8-7-9-14-25/h7-11,13-16,18-21,29H,6,12,17,22-24H2,1-5H3,(H,35,39)/t29-/m0/s1. The molecule has 0 aliphatic rings. The lowest BCUT2D eigenvalue weighted by Crippen LogP contribution is -2.54. The average molecular weight is 673 g/mol. The smallest absolute Gasteiger partial charge is 0.243 e. The van der Waals surface area contributed by atoms with Crippen LogP contribution in [0.25, 0.3) is 0 Å². The molecule has 0 fully saturated rings. The highest BCUT2D eigenvalue weighted by molar-refractivity contribution is 9.10. The highest BCUT2D eigenvalue weighted by Gasteiger charge is 2.32. The Morgan fingerprint density at radius 3 is 2.16 bits per heavy atom. The van der Waals surface area contributed by atoms with E-state index in [4.69, 9.17) is 4.74 Å². The monoisotopic (exact) mass is 671 g/mol. The van der Waals surface area contributed by atoms with Crippen LogP contribution in [0.1, 0.15) is 51.7 Å². The van der Waals surface area contributed by atoms with Gasteiger partial charge in [0.25, 0.3) is 0 Å². The SMILES string of the molecule is CCOc1ccccc1N(CCCC(=O)N(Cc1ccc(Br)cc1)[C@@H](Cc1ccccc1)C(=O)NC(C)(C)C)S(C)(=O)=O. The number of amides is 2. The van der Waals surface area contributed by atoms with Gasteiger partial charge >= 0.3 is 0 Å². The maximum absolute atomic E-state index is 14.0. The molecule has 8 nitrogen and oxygen atoms in total. The topological polar surface area (TPSA) is 96.0 Å². The van der Waals surface area contributed by atoms with Crippen LogP contribution in [0.4, 0.5) is 5.69 Å². The first-order valence-corrected chi connectivity index (χ1v) is 17.0. The highest BCUT2D eigenvalue weighted by atomic mass is 79.9. The van der Waals surface area contributed by atoms with Gasteiger partial charge in [0.2, 0.25) is 21.8 Å². The van der Waals surface area contributed by atoms with Crippen LogP contribution in [0, 0.1) is 0 Å². The van der Waals surface area contributed by atoms with Gasteiger partial charge in [0.05, 0.1) is 18.6 Å². The Kier molecular flexibility index (Phi) is 12.2. The molecule has 0 aromatic heterocycles. The van der Waals surface area contributed by atoms with E-state index < -0.39 is 21.6 Å². The summed E-state index contributed by atoms with van der Waals surface area (Å²) in [5.74, 6) is -0.0231. The van der Waals surface area contributed by atoms with Crippen molar-refractivity contribution in [3.8, 4) is 5.75 Å². The van der Waals surface area contributed by atoms with Gasteiger partial charge in [0.1, 0.15) is 11.8 Å². The minimum atomic E-state index is -3.66. The number of nitrogens with zero attached hydrogens (tertiary/aromatic N) is 2. The summed E-state index contributed by atoms with van der Waals surface area (Å²) in [6, 6.07) is 23.4. The second kappa shape index (κ2) is 15.4. The number of sulfonamides is 1. The molecule has 0 bridgehead atoms. The fourth-order valence-electron chi connectivity index (χ4n) is 4.72. The molecule has 1 N–H and O–H groups in total. The fourth-order valence-corrected chi connectivity index (χ4v) is 5.95. The third-order valence-corrected chi connectivity index (χ3v) is 8.33. The van der Waals surface area contributed by atoms with E-state index in [-0.39, 0.29) is 37.7 Å². The summed E-state index contributed by atoms with van der Waals surface area (Å²) >= 11 is 3.46. The quantitative estimate of drug-likeness (QED) is 0.229. The van der Waals surface area contributed by atoms with Crippen LogP contribution >= 0.6 is 15.9 Å². The number of hydrogen-bond acceptors (Lipinski definition) is 5. The lowest BCUT2D eigenvalue weighted by atomic mass is 10.00. The molecule has 0 aliphatic heterocycles. The Morgan fingerprint density at radius 1 is 0.930 bits per heavy atom. The van der Waals surface area contributed by atoms with Crippen LogP contribution in [0.15, 0.2) is 83.3 Å². The first-order valence-electron chi connectivity index (χ1n) is 14.4. The molecule has 3 rings (SSSR count). The molecule has 3 aromatic rings. The molecular formula is C33H42BrN3O5S. The van der Waals surface area contributed by atoms with Crippen molar-refractivity contribution in [3.63, 3.8) is 0 Å². The molecule has 0 heterocycles. The molecule has 0 spiro atoms. The minimum Gasteiger partial charge on any atom is -0.492 e. The van der Waals surface area contributed by atoms with E-state index in [1.54, 1.807) is 29.2 Å². The van der Waals surface area contributed by atoms with Crippen molar-refractivity contribution >= 4 is 43.5 Å². The number of carbonyl (C=O) groups excluding carboxylic acids is 2. The minimum absolute atomic E-state index is 0.0490. The normalized spacial score (nSPS) is 12.3. The molecular weight excluding hydrogens is 630 g/mol. The first-order chi connectivity index (χ1) is 20.3. The second-order valence-electron chi connectivity index (χ2n) is 11.4. The zero-order valence-electron chi connectivity index (χ0n) is 25.5. The third-order valence-electron chi connectivity index (χ3n) is 6.62. The Labute approximate surface area is 264 Å². The number of para-hydroxylation sites is 2. The van der Waals surface area contributed by atoms with Gasteiger partial charge in [0.15, 0.2) is 0 Å². The molecule has 0 unspecified atom stereocenters. The van der Waals surface area contributed by atoms with Crippen LogP contribution in [-0.2, 0) is 32.6 Å². The van der Waals surface area contributed by atoms with Gasteiger partial charge in [-0.3, -0.25) is 13.9 Å². The third kappa shape index (κ3) is 10.7. The molecule has 2 amide bonds. The van der Waals surface area contributed by atoms with Crippen molar-refractivity contribution in [1.82, 2.24) is 10.2 Å². The van der Waals surface area contributed by atoms with Crippen molar-refractivity contribution in [2.45, 2.75) is 65.1 Å².